The molecule has 0 spiro atoms. The average Bonchev–Trinajstić information content (AvgIpc) is 0.832. The monoisotopic (exact) mass is 1460 g/mol. The Labute approximate surface area is 630 Å². The van der Waals surface area contributed by atoms with Gasteiger partial charge in [-0.3, -0.25) is 32.8 Å². The van der Waals surface area contributed by atoms with Crippen LogP contribution in [0.25, 0.3) is 84.1 Å². The number of anilines is 6. The number of nitrogens with two attached hydrogens (primary N) is 3. The van der Waals surface area contributed by atoms with E-state index in [2.05, 4.69) is 96.8 Å². The maximum Gasteiger partial charge on any atom is 0.267 e. The summed E-state index contributed by atoms with van der Waals surface area (Å²) in [5.41, 5.74) is 27.0. The third-order valence-electron chi connectivity index (χ3n) is 17.6. The Bertz CT molecular complexity index is 6080. The lowest BCUT2D eigenvalue weighted by Gasteiger charge is -2.23. The summed E-state index contributed by atoms with van der Waals surface area (Å²) in [5.74, 6) is 22.6. The van der Waals surface area contributed by atoms with Crippen LogP contribution in [0, 0.1) is 49.4 Å². The molecule has 3 atom stereocenters. The number of aryl methyl sites for hydroxylation is 3. The van der Waals surface area contributed by atoms with E-state index >= 15 is 0 Å². The molecule has 0 saturated carbocycles. The SMILES string of the molecule is CC#Cc1cccc2nc([C@H](C)Nc3nccc(N)c3-c3ncn(C)n3)n(-c3ccccc3)c(=O)c12.CC#Cc1cccc2nc([C@H](CC)Nc3nccc(N)c3-c3nc(C)no3)n(-c3ccccc3)c(=O)c12.CC#Cc1cccc2nc([C@H](CC)Nc3nccc(N)c3-c3nnc(C)o3)n(-c3ccccc3)c(=O)c12. The van der Waals surface area contributed by atoms with E-state index in [-0.39, 0.29) is 28.5 Å². The molecule has 6 aromatic carbocycles. The van der Waals surface area contributed by atoms with Crippen LogP contribution in [0.5, 0.6) is 0 Å². The van der Waals surface area contributed by atoms with Gasteiger partial charge in [0.15, 0.2) is 11.6 Å². The van der Waals surface area contributed by atoms with E-state index in [0.29, 0.717) is 166 Å². The van der Waals surface area contributed by atoms with Crippen molar-refractivity contribution in [1.82, 2.24) is 78.7 Å². The lowest BCUT2D eigenvalue weighted by atomic mass is 10.1. The van der Waals surface area contributed by atoms with E-state index < -0.39 is 18.1 Å². The van der Waals surface area contributed by atoms with Crippen LogP contribution in [0.2, 0.25) is 0 Å². The van der Waals surface area contributed by atoms with Crippen LogP contribution >= 0.6 is 0 Å². The second kappa shape index (κ2) is 32.6. The van der Waals surface area contributed by atoms with E-state index in [1.165, 1.54) is 0 Å². The number of pyridine rings is 3. The summed E-state index contributed by atoms with van der Waals surface area (Å²) >= 11 is 0. The van der Waals surface area contributed by atoms with Gasteiger partial charge in [-0.05, 0) is 138 Å². The summed E-state index contributed by atoms with van der Waals surface area (Å²) in [4.78, 5) is 79.0. The molecule has 27 heteroatoms. The van der Waals surface area contributed by atoms with Gasteiger partial charge in [0.1, 0.15) is 52.4 Å². The van der Waals surface area contributed by atoms with Crippen LogP contribution in [0.15, 0.2) is 212 Å². The zero-order valence-corrected chi connectivity index (χ0v) is 61.5. The van der Waals surface area contributed by atoms with E-state index in [1.807, 2.05) is 166 Å². The Kier molecular flexibility index (Phi) is 21.8. The highest BCUT2D eigenvalue weighted by Gasteiger charge is 2.29. The summed E-state index contributed by atoms with van der Waals surface area (Å²) < 4.78 is 17.5. The second-order valence-corrected chi connectivity index (χ2v) is 25.0. The highest BCUT2D eigenvalue weighted by Crippen LogP contribution is 2.38. The van der Waals surface area contributed by atoms with Crippen LogP contribution in [-0.4, -0.2) is 78.7 Å². The molecule has 0 bridgehead atoms. The number of nitrogens with zero attached hydrogens (tertiary/aromatic N) is 16. The number of hydrogen-bond donors (Lipinski definition) is 6. The topological polar surface area (TPSA) is 366 Å². The number of benzene rings is 6. The van der Waals surface area contributed by atoms with Gasteiger partial charge in [-0.15, -0.1) is 28.0 Å². The molecule has 15 aromatic rings. The van der Waals surface area contributed by atoms with E-state index in [9.17, 15) is 14.4 Å². The molecule has 0 aliphatic rings. The zero-order chi connectivity index (χ0) is 77.1. The molecular formula is C83H74N22O5. The molecule has 27 nitrogen and oxygen atoms in total. The summed E-state index contributed by atoms with van der Waals surface area (Å²) in [5, 5.41) is 28.0. The maximum atomic E-state index is 14.0. The first-order valence-electron chi connectivity index (χ1n) is 35.1. The molecule has 9 heterocycles. The average molecular weight is 1460 g/mol. The zero-order valence-electron chi connectivity index (χ0n) is 61.5. The lowest BCUT2D eigenvalue weighted by molar-refractivity contribution is 0.425. The number of rotatable bonds is 17. The molecule has 546 valence electrons. The number of fused-ring (bicyclic) bond motifs is 3. The van der Waals surface area contributed by atoms with Crippen LogP contribution < -0.4 is 49.8 Å². The minimum atomic E-state index is -0.431. The van der Waals surface area contributed by atoms with Crippen molar-refractivity contribution < 1.29 is 8.94 Å². The molecule has 15 rings (SSSR count). The predicted octanol–water partition coefficient (Wildman–Crippen LogP) is 13.0. The molecule has 0 unspecified atom stereocenters. The van der Waals surface area contributed by atoms with Gasteiger partial charge in [0.2, 0.25) is 5.89 Å². The Hall–Kier alpha value is -14.9. The van der Waals surface area contributed by atoms with Gasteiger partial charge in [0.05, 0.1) is 73.5 Å². The third-order valence-corrected chi connectivity index (χ3v) is 17.6. The van der Waals surface area contributed by atoms with Crippen molar-refractivity contribution in [2.75, 3.05) is 33.2 Å². The number of nitrogen functional groups attached to an aromatic ring is 3. The standard InChI is InChI=1S/2C28H25N7O2.C27H24N8O/c1-4-10-18-11-9-14-22-23(18)28(36)35(19-12-7-6-8-13-19)26(32-22)21(5-2)31-25-24(20(29)15-16-30-25)27-34-33-17(3)37-27;1-4-10-18-11-9-14-22-23(18)28(36)35(19-12-7-6-8-13-19)26(33-22)21(5-2)32-25-24(20(29)15-16-30-25)27-31-17(3)34-37-27;1-4-9-18-10-8-13-21-22(18)27(36)35(19-11-6-5-7-12-19)26(32-21)17(2)31-24-23(20(28)14-15-29-24)25-30-16-34(3)33-25/h6-9,11-16,21H,5H2,1-3H3,(H3,29,30,31);6-9,11-16,21H,5H2,1-3H3,(H3,29,30,32);5-8,10-17H,1-3H3,(H3,28,29,31)/t2*21-;17-/m000/s1. The summed E-state index contributed by atoms with van der Waals surface area (Å²) in [6.07, 6.45) is 7.61. The van der Waals surface area contributed by atoms with Gasteiger partial charge in [-0.25, -0.2) is 34.9 Å². The first kappa shape index (κ1) is 73.4. The first-order chi connectivity index (χ1) is 53.5. The van der Waals surface area contributed by atoms with Gasteiger partial charge < -0.3 is 42.1 Å². The molecule has 0 saturated heterocycles. The van der Waals surface area contributed by atoms with Gasteiger partial charge in [0, 0.05) is 66.3 Å². The number of aromatic nitrogens is 16. The molecule has 9 aromatic heterocycles. The molecule has 110 heavy (non-hydrogen) atoms. The fourth-order valence-electron chi connectivity index (χ4n) is 12.7. The van der Waals surface area contributed by atoms with Crippen LogP contribution in [0.4, 0.5) is 34.5 Å². The number of para-hydroxylation sites is 3. The quantitative estimate of drug-likeness (QED) is 0.0461. The van der Waals surface area contributed by atoms with Crippen LogP contribution in [-0.2, 0) is 7.05 Å². The lowest BCUT2D eigenvalue weighted by Crippen LogP contribution is -2.28. The first-order valence-corrected chi connectivity index (χ1v) is 35.1. The fourth-order valence-corrected chi connectivity index (χ4v) is 12.7. The molecule has 0 amide bonds. The number of hydrogen-bond acceptors (Lipinski definition) is 23. The van der Waals surface area contributed by atoms with E-state index in [1.54, 1.807) is 103 Å². The normalized spacial score (nSPS) is 11.6. The Balaban J connectivity index is 0.000000145. The minimum absolute atomic E-state index is 0.194. The van der Waals surface area contributed by atoms with Crippen LogP contribution in [0.3, 0.4) is 0 Å². The smallest absolute Gasteiger partial charge is 0.267 e. The van der Waals surface area contributed by atoms with E-state index in [4.69, 9.17) is 41.1 Å². The van der Waals surface area contributed by atoms with Crippen molar-refractivity contribution in [3.05, 3.63) is 266 Å². The minimum Gasteiger partial charge on any atom is -0.421 e. The van der Waals surface area contributed by atoms with Crippen molar-refractivity contribution >= 4 is 67.2 Å². The van der Waals surface area contributed by atoms with Crippen molar-refractivity contribution in [2.24, 2.45) is 7.05 Å². The molecule has 9 N–H and O–H groups in total. The van der Waals surface area contributed by atoms with Crippen molar-refractivity contribution in [1.29, 1.82) is 0 Å². The van der Waals surface area contributed by atoms with Crippen molar-refractivity contribution in [2.45, 2.75) is 86.4 Å². The van der Waals surface area contributed by atoms with Gasteiger partial charge in [-0.2, -0.15) is 10.1 Å². The van der Waals surface area contributed by atoms with Gasteiger partial charge >= 0.3 is 0 Å². The Morgan fingerprint density at radius 2 is 0.864 bits per heavy atom. The highest BCUT2D eigenvalue weighted by molar-refractivity contribution is 5.88. The fraction of sp³-hybridized carbons (Fsp3) is 0.169. The van der Waals surface area contributed by atoms with Crippen LogP contribution in [0.1, 0.15) is 118 Å². The maximum absolute atomic E-state index is 14.0. The summed E-state index contributed by atoms with van der Waals surface area (Å²) in [7, 11) is 1.79. The molecular weight excluding hydrogens is 1390 g/mol. The molecule has 0 aliphatic heterocycles. The second-order valence-electron chi connectivity index (χ2n) is 25.0. The van der Waals surface area contributed by atoms with Crippen molar-refractivity contribution in [3.63, 3.8) is 0 Å². The molecule has 0 radical (unpaired) electrons. The number of nitrogens with one attached hydrogen (secondary N) is 3. The predicted molar refractivity (Wildman–Crippen MR) is 427 cm³/mol. The Morgan fingerprint density at radius 1 is 0.464 bits per heavy atom. The van der Waals surface area contributed by atoms with Crippen molar-refractivity contribution in [3.8, 4) is 86.9 Å². The molecule has 0 fully saturated rings. The largest absolute Gasteiger partial charge is 0.421 e. The van der Waals surface area contributed by atoms with E-state index in [0.717, 1.165) is 0 Å². The Morgan fingerprint density at radius 3 is 1.24 bits per heavy atom. The third kappa shape index (κ3) is 15.0. The van der Waals surface area contributed by atoms with Gasteiger partial charge in [-0.1, -0.05) is 110 Å². The summed E-state index contributed by atoms with van der Waals surface area (Å²) in [6, 6.07) is 48.6. The summed E-state index contributed by atoms with van der Waals surface area (Å²) in [6.45, 7) is 14.6. The van der Waals surface area contributed by atoms with Gasteiger partial charge in [0.25, 0.3) is 28.5 Å². The molecule has 0 aliphatic carbocycles. The highest BCUT2D eigenvalue weighted by atomic mass is 16.5.